The molecule has 0 unspecified atom stereocenters. The minimum absolute atomic E-state index is 0. The number of carbonyl (C=O) groups excluding carboxylic acids is 3. The molecule has 0 aliphatic carbocycles. The molecule has 16 heteroatoms. The highest BCUT2D eigenvalue weighted by Gasteiger charge is 2.33. The van der Waals surface area contributed by atoms with Gasteiger partial charge in [-0.05, 0) is 25.2 Å². The summed E-state index contributed by atoms with van der Waals surface area (Å²) in [7, 11) is 2.13. The number of nitrogens with two attached hydrogens (primary N) is 1. The van der Waals surface area contributed by atoms with E-state index in [2.05, 4.69) is 20.8 Å². The van der Waals surface area contributed by atoms with Gasteiger partial charge in [0.05, 0.1) is 59.1 Å². The van der Waals surface area contributed by atoms with E-state index in [0.29, 0.717) is 38.3 Å². The smallest absolute Gasteiger partial charge is 0.329 e. The van der Waals surface area contributed by atoms with Gasteiger partial charge in [-0.2, -0.15) is 0 Å². The van der Waals surface area contributed by atoms with E-state index >= 15 is 0 Å². The Hall–Kier alpha value is -1.74. The first-order valence-electron chi connectivity index (χ1n) is 11.8. The van der Waals surface area contributed by atoms with Crippen molar-refractivity contribution in [2.24, 2.45) is 5.73 Å². The van der Waals surface area contributed by atoms with Gasteiger partial charge in [-0.25, -0.2) is 4.79 Å². The third-order valence-corrected chi connectivity index (χ3v) is 12.0. The zero-order valence-corrected chi connectivity index (χ0v) is 25.3. The van der Waals surface area contributed by atoms with Gasteiger partial charge in [0, 0.05) is 33.4 Å². The molecule has 40 heavy (non-hydrogen) atoms. The average Bonchev–Trinajstić information content (AvgIpc) is 2.97. The predicted molar refractivity (Wildman–Crippen MR) is 158 cm³/mol. The van der Waals surface area contributed by atoms with Crippen molar-refractivity contribution in [2.45, 2.75) is 39.8 Å². The lowest BCUT2D eigenvalue weighted by molar-refractivity contribution is -0.141. The van der Waals surface area contributed by atoms with E-state index in [1.807, 2.05) is 4.90 Å². The Morgan fingerprint density at radius 1 is 0.725 bits per heavy atom. The molecular weight excluding hydrogens is 564 g/mol. The van der Waals surface area contributed by atoms with Crippen molar-refractivity contribution in [1.29, 1.82) is 0 Å². The first-order valence-corrected chi connectivity index (χ1v) is 16.9. The van der Waals surface area contributed by atoms with Crippen LogP contribution in [0.3, 0.4) is 0 Å². The third kappa shape index (κ3) is 23.0. The van der Waals surface area contributed by atoms with Crippen molar-refractivity contribution in [3.63, 3.8) is 0 Å². The van der Waals surface area contributed by atoms with Crippen LogP contribution in [0.1, 0.15) is 27.7 Å². The zero-order chi connectivity index (χ0) is 30.0. The summed E-state index contributed by atoms with van der Waals surface area (Å²) in [5.41, 5.74) is 5.27. The Bertz CT molecular complexity index is 600. The molecular formula is C24H56N2O12Si2. The molecule has 0 atom stereocenters. The van der Waals surface area contributed by atoms with Gasteiger partial charge >= 0.3 is 17.9 Å². The van der Waals surface area contributed by atoms with Crippen molar-refractivity contribution in [2.75, 3.05) is 86.6 Å². The molecule has 6 N–H and O–H groups in total. The lowest BCUT2D eigenvalue weighted by Crippen LogP contribution is -2.49. The van der Waals surface area contributed by atoms with Crippen molar-refractivity contribution in [3.8, 4) is 0 Å². The Kier molecular flexibility index (Phi) is 36.3. The summed E-state index contributed by atoms with van der Waals surface area (Å²) in [6, 6.07) is 1.11. The maximum absolute atomic E-state index is 11.2. The van der Waals surface area contributed by atoms with E-state index in [1.165, 1.54) is 35.5 Å². The topological polar surface area (TPSA) is 208 Å². The summed E-state index contributed by atoms with van der Waals surface area (Å²) in [4.78, 5) is 34.2. The molecule has 0 aliphatic rings. The molecule has 0 radical (unpaired) electrons. The van der Waals surface area contributed by atoms with Gasteiger partial charge in [-0.1, -0.05) is 21.4 Å². The first-order chi connectivity index (χ1) is 18.0. The largest absolute Gasteiger partial charge is 0.469 e. The molecule has 0 heterocycles. The number of carbonyl (C=O) groups is 3. The van der Waals surface area contributed by atoms with Gasteiger partial charge < -0.3 is 54.1 Å². The van der Waals surface area contributed by atoms with Gasteiger partial charge in [0.25, 0.3) is 0 Å². The van der Waals surface area contributed by atoms with Gasteiger partial charge in [-0.15, -0.1) is 0 Å². The number of hydrogen-bond acceptors (Lipinski definition) is 14. The van der Waals surface area contributed by atoms with E-state index in [4.69, 9.17) is 24.8 Å². The van der Waals surface area contributed by atoms with Gasteiger partial charge in [-0.3, -0.25) is 9.59 Å². The number of esters is 3. The minimum Gasteiger partial charge on any atom is -0.469 e. The summed E-state index contributed by atoms with van der Waals surface area (Å²) in [6.45, 7) is 4.98. The number of ether oxygens (including phenoxy) is 3. The second-order valence-electron chi connectivity index (χ2n) is 7.92. The highest BCUT2D eigenvalue weighted by molar-refractivity contribution is 6.74. The van der Waals surface area contributed by atoms with Crippen molar-refractivity contribution >= 4 is 34.5 Å². The molecule has 0 aromatic heterocycles. The number of rotatable bonds is 18. The van der Waals surface area contributed by atoms with Crippen LogP contribution in [0.5, 0.6) is 0 Å². The van der Waals surface area contributed by atoms with Gasteiger partial charge in [0.2, 0.25) is 16.6 Å². The SMILES string of the molecule is C.C.C=CC(=O)OC.COC(=O)CCN(CCC(=O)OC)CC[Si](CO)(CO)OC.CO[Si](CO)(CO)CCN. The number of nitrogens with zero attached hydrogens (tertiary/aromatic N) is 1. The second kappa shape index (κ2) is 30.2. The maximum atomic E-state index is 11.2. The Morgan fingerprint density at radius 2 is 1.10 bits per heavy atom. The Labute approximate surface area is 242 Å². The minimum atomic E-state index is -2.57. The summed E-state index contributed by atoms with van der Waals surface area (Å²) in [5, 5.41) is 36.5. The molecule has 0 aromatic rings. The summed E-state index contributed by atoms with van der Waals surface area (Å²) >= 11 is 0. The molecule has 0 aliphatic heterocycles. The van der Waals surface area contributed by atoms with Gasteiger partial charge in [0.15, 0.2) is 0 Å². The van der Waals surface area contributed by atoms with E-state index in [1.54, 1.807) is 0 Å². The van der Waals surface area contributed by atoms with Crippen LogP contribution in [0, 0.1) is 0 Å². The van der Waals surface area contributed by atoms with Crippen LogP contribution in [0.15, 0.2) is 12.7 Å². The normalized spacial score (nSPS) is 10.4. The lowest BCUT2D eigenvalue weighted by atomic mass is 10.3. The molecule has 242 valence electrons. The van der Waals surface area contributed by atoms with Crippen LogP contribution in [0.4, 0.5) is 0 Å². The summed E-state index contributed by atoms with van der Waals surface area (Å²) < 4.78 is 23.7. The molecule has 0 saturated heterocycles. The fraction of sp³-hybridized carbons (Fsp3) is 0.792. The average molecular weight is 621 g/mol. The van der Waals surface area contributed by atoms with Crippen molar-refractivity contribution in [1.82, 2.24) is 4.90 Å². The van der Waals surface area contributed by atoms with Crippen LogP contribution in [0.25, 0.3) is 0 Å². The highest BCUT2D eigenvalue weighted by atomic mass is 28.4. The quantitative estimate of drug-likeness (QED) is 0.0555. The van der Waals surface area contributed by atoms with Crippen molar-refractivity contribution in [3.05, 3.63) is 12.7 Å². The van der Waals surface area contributed by atoms with Crippen LogP contribution in [-0.4, -0.2) is 147 Å². The predicted octanol–water partition coefficient (Wildman–Crippen LogP) is -0.713. The number of aliphatic hydroxyl groups is 4. The zero-order valence-electron chi connectivity index (χ0n) is 23.3. The molecule has 0 saturated carbocycles. The number of aliphatic hydroxyl groups excluding tert-OH is 4. The monoisotopic (exact) mass is 620 g/mol. The summed E-state index contributed by atoms with van der Waals surface area (Å²) in [5.74, 6) is -1.06. The molecule has 0 spiro atoms. The highest BCUT2D eigenvalue weighted by Crippen LogP contribution is 2.11. The number of hydrogen-bond donors (Lipinski definition) is 5. The van der Waals surface area contributed by atoms with E-state index in [0.717, 1.165) is 6.08 Å². The molecule has 0 aromatic carbocycles. The fourth-order valence-corrected chi connectivity index (χ4v) is 5.63. The van der Waals surface area contributed by atoms with Crippen LogP contribution >= 0.6 is 0 Å². The lowest BCUT2D eigenvalue weighted by Gasteiger charge is -2.29. The molecule has 14 nitrogen and oxygen atoms in total. The van der Waals surface area contributed by atoms with Gasteiger partial charge in [0.1, 0.15) is 0 Å². The van der Waals surface area contributed by atoms with Crippen LogP contribution in [-0.2, 0) is 37.4 Å². The Balaban J connectivity index is -0.000000188. The van der Waals surface area contributed by atoms with Crippen molar-refractivity contribution < 1.29 is 57.9 Å². The Morgan fingerprint density at radius 3 is 1.30 bits per heavy atom. The van der Waals surface area contributed by atoms with Crippen LogP contribution < -0.4 is 5.73 Å². The fourth-order valence-electron chi connectivity index (χ4n) is 2.63. The third-order valence-electron chi connectivity index (χ3n) is 5.59. The second-order valence-corrected chi connectivity index (χ2v) is 15.7. The maximum Gasteiger partial charge on any atom is 0.329 e. The molecule has 0 bridgehead atoms. The standard InChI is InChI=1S/C13H27NO7Si.C5H15NO3Si.C4H6O2.2CH4/c1-19-12(17)4-6-14(7-5-13(18)20-2)8-9-22(10-15,11-16)21-3;1-9-10(4-7,5-8)3-2-6;1-3-4(5)6-2;;/h15-16H,4-11H2,1-3H3;7-8H,2-6H2,1H3;3H,1H2,2H3;2*1H4. The van der Waals surface area contributed by atoms with E-state index in [-0.39, 0.29) is 64.6 Å². The molecule has 0 amide bonds. The summed E-state index contributed by atoms with van der Waals surface area (Å²) in [6.07, 6.45) is 1.05. The van der Waals surface area contributed by atoms with E-state index < -0.39 is 22.6 Å². The molecule has 0 fully saturated rings. The van der Waals surface area contributed by atoms with Crippen LogP contribution in [0.2, 0.25) is 12.1 Å². The first kappa shape index (κ1) is 48.0. The molecule has 0 rings (SSSR count). The number of methoxy groups -OCH3 is 3. The van der Waals surface area contributed by atoms with E-state index in [9.17, 15) is 24.6 Å².